The van der Waals surface area contributed by atoms with Crippen LogP contribution in [0.2, 0.25) is 0 Å². The molecule has 11 aromatic carbocycles. The van der Waals surface area contributed by atoms with Gasteiger partial charge in [0.15, 0.2) is 5.58 Å². The minimum atomic E-state index is -0.708. The van der Waals surface area contributed by atoms with Crippen molar-refractivity contribution in [2.45, 2.75) is 5.41 Å². The van der Waals surface area contributed by atoms with Gasteiger partial charge in [0.1, 0.15) is 17.1 Å². The predicted octanol–water partition coefficient (Wildman–Crippen LogP) is 18.9. The first kappa shape index (κ1) is 40.0. The Morgan fingerprint density at radius 1 is 0.338 bits per heavy atom. The van der Waals surface area contributed by atoms with Crippen LogP contribution < -0.4 is 9.64 Å². The van der Waals surface area contributed by atoms with Gasteiger partial charge in [-0.1, -0.05) is 194 Å². The number of furan rings is 1. The Morgan fingerprint density at radius 3 is 1.69 bits per heavy atom. The molecule has 2 aliphatic rings. The number of thiophene rings is 1. The second-order valence-electron chi connectivity index (χ2n) is 18.7. The summed E-state index contributed by atoms with van der Waals surface area (Å²) in [5.41, 5.74) is 17.7. The molecule has 0 saturated carbocycles. The quantitative estimate of drug-likeness (QED) is 0.166. The topological polar surface area (TPSA) is 25.6 Å². The number of para-hydroxylation sites is 3. The van der Waals surface area contributed by atoms with Gasteiger partial charge in [0.2, 0.25) is 0 Å². The molecule has 2 aromatic heterocycles. The fraction of sp³-hybridized carbons (Fsp3) is 0.0149. The van der Waals surface area contributed by atoms with Gasteiger partial charge in [-0.25, -0.2) is 0 Å². The van der Waals surface area contributed by atoms with Gasteiger partial charge in [-0.05, 0) is 99.1 Å². The second-order valence-corrected chi connectivity index (χ2v) is 19.8. The van der Waals surface area contributed by atoms with E-state index in [1.165, 1.54) is 48.0 Å². The van der Waals surface area contributed by atoms with Gasteiger partial charge >= 0.3 is 0 Å². The Bertz CT molecular complexity index is 4220. The van der Waals surface area contributed by atoms with Crippen molar-refractivity contribution in [2.75, 3.05) is 4.90 Å². The molecule has 13 aromatic rings. The first-order valence-corrected chi connectivity index (χ1v) is 25.0. The minimum Gasteiger partial charge on any atom is -0.456 e. The highest BCUT2D eigenvalue weighted by molar-refractivity contribution is 7.25. The SMILES string of the molecule is c1ccc(-c2ccc(N(c3cc(-c4ccc5sc6ccccc6c5c4)c4c(c3)C3(c5ccccc5O4)c4ccccc4-c4ccccc43)c3cccc4c3oc3c(-c5ccccc5)cccc34)cc2)cc1. The normalized spacial score (nSPS) is 13.0. The molecule has 3 heterocycles. The first-order chi connectivity index (χ1) is 35.2. The van der Waals surface area contributed by atoms with E-state index in [0.29, 0.717) is 0 Å². The molecule has 0 unspecified atom stereocenters. The molecule has 0 N–H and O–H groups in total. The van der Waals surface area contributed by atoms with E-state index in [2.05, 4.69) is 254 Å². The number of nitrogens with zero attached hydrogens (tertiary/aromatic N) is 1. The van der Waals surface area contributed by atoms with Crippen LogP contribution >= 0.6 is 11.3 Å². The van der Waals surface area contributed by atoms with Crippen molar-refractivity contribution < 1.29 is 9.15 Å². The molecule has 332 valence electrons. The zero-order valence-electron chi connectivity index (χ0n) is 38.3. The summed E-state index contributed by atoms with van der Waals surface area (Å²) in [6, 6.07) is 90.3. The first-order valence-electron chi connectivity index (χ1n) is 24.2. The highest BCUT2D eigenvalue weighted by atomic mass is 32.1. The maximum Gasteiger partial charge on any atom is 0.159 e. The van der Waals surface area contributed by atoms with Crippen LogP contribution in [-0.2, 0) is 5.41 Å². The number of anilines is 3. The summed E-state index contributed by atoms with van der Waals surface area (Å²) in [7, 11) is 0. The molecule has 71 heavy (non-hydrogen) atoms. The highest BCUT2D eigenvalue weighted by Crippen LogP contribution is 2.64. The van der Waals surface area contributed by atoms with Crippen LogP contribution in [0.1, 0.15) is 22.3 Å². The fourth-order valence-corrected chi connectivity index (χ4v) is 12.9. The number of rotatable bonds is 6. The zero-order chi connectivity index (χ0) is 46.6. The number of benzene rings is 11. The highest BCUT2D eigenvalue weighted by Gasteiger charge is 2.52. The predicted molar refractivity (Wildman–Crippen MR) is 295 cm³/mol. The van der Waals surface area contributed by atoms with Crippen molar-refractivity contribution in [3.8, 4) is 56.0 Å². The van der Waals surface area contributed by atoms with Crippen LogP contribution in [0.25, 0.3) is 86.6 Å². The fourth-order valence-electron chi connectivity index (χ4n) is 11.9. The van der Waals surface area contributed by atoms with E-state index < -0.39 is 5.41 Å². The van der Waals surface area contributed by atoms with E-state index >= 15 is 0 Å². The molecule has 0 fully saturated rings. The van der Waals surface area contributed by atoms with Crippen LogP contribution in [0.4, 0.5) is 17.1 Å². The Balaban J connectivity index is 1.06. The standard InChI is InChI=1S/C67H41NO2S/c1-3-17-42(18-4-1)43-33-36-46(37-34-43)68(60-30-16-26-53-52-25-15-24-48(64(52)70-66(53)60)44-19-5-2-6-20-44)47-40-54(45-35-38-63-55(39-45)51-23-9-14-32-62(51)71-63)65-59(41-47)67(58-29-12-13-31-61(58)69-65)56-27-10-7-21-49(56)50-22-8-11-28-57(50)67/h1-41H. The summed E-state index contributed by atoms with van der Waals surface area (Å²) in [4.78, 5) is 2.41. The third-order valence-corrected chi connectivity index (χ3v) is 16.1. The van der Waals surface area contributed by atoms with E-state index in [9.17, 15) is 0 Å². The summed E-state index contributed by atoms with van der Waals surface area (Å²) in [6.07, 6.45) is 0. The third-order valence-electron chi connectivity index (χ3n) is 14.9. The number of fused-ring (bicyclic) bond motifs is 15. The van der Waals surface area contributed by atoms with Gasteiger partial charge in [0.25, 0.3) is 0 Å². The smallest absolute Gasteiger partial charge is 0.159 e. The summed E-state index contributed by atoms with van der Waals surface area (Å²) in [5, 5.41) is 4.63. The largest absolute Gasteiger partial charge is 0.456 e. The Labute approximate surface area is 414 Å². The number of hydrogen-bond acceptors (Lipinski definition) is 4. The van der Waals surface area contributed by atoms with E-state index in [0.717, 1.165) is 89.4 Å². The average molecular weight is 924 g/mol. The molecule has 1 aliphatic heterocycles. The van der Waals surface area contributed by atoms with Crippen LogP contribution in [0, 0.1) is 0 Å². The van der Waals surface area contributed by atoms with Gasteiger partial charge in [0.05, 0.1) is 11.1 Å². The Kier molecular flexibility index (Phi) is 8.74. The van der Waals surface area contributed by atoms with E-state index in [4.69, 9.17) is 9.15 Å². The summed E-state index contributed by atoms with van der Waals surface area (Å²) in [5.74, 6) is 1.71. The lowest BCUT2D eigenvalue weighted by Crippen LogP contribution is -2.32. The molecule has 0 saturated heterocycles. The van der Waals surface area contributed by atoms with E-state index in [1.54, 1.807) is 0 Å². The third kappa shape index (κ3) is 5.89. The van der Waals surface area contributed by atoms with Gasteiger partial charge < -0.3 is 14.1 Å². The van der Waals surface area contributed by atoms with E-state index in [-0.39, 0.29) is 0 Å². The molecule has 0 bridgehead atoms. The van der Waals surface area contributed by atoms with Crippen molar-refractivity contribution in [1.29, 1.82) is 0 Å². The lowest BCUT2D eigenvalue weighted by atomic mass is 9.65. The van der Waals surface area contributed by atoms with Crippen LogP contribution in [0.5, 0.6) is 11.5 Å². The van der Waals surface area contributed by atoms with Crippen molar-refractivity contribution >= 4 is 70.5 Å². The molecule has 15 rings (SSSR count). The molecule has 1 spiro atoms. The zero-order valence-corrected chi connectivity index (χ0v) is 39.2. The van der Waals surface area contributed by atoms with Gasteiger partial charge in [-0.15, -0.1) is 11.3 Å². The molecular weight excluding hydrogens is 883 g/mol. The molecule has 0 radical (unpaired) electrons. The molecule has 1 aliphatic carbocycles. The van der Waals surface area contributed by atoms with Gasteiger partial charge in [-0.3, -0.25) is 0 Å². The molecular formula is C67H41NO2S. The molecule has 3 nitrogen and oxygen atoms in total. The second kappa shape index (κ2) is 15.5. The summed E-state index contributed by atoms with van der Waals surface area (Å²) in [6.45, 7) is 0. The lowest BCUT2D eigenvalue weighted by Gasteiger charge is -2.41. The molecule has 4 heteroatoms. The van der Waals surface area contributed by atoms with Gasteiger partial charge in [-0.2, -0.15) is 0 Å². The Hall–Kier alpha value is -8.96. The molecule has 0 amide bonds. The van der Waals surface area contributed by atoms with Crippen LogP contribution in [-0.4, -0.2) is 0 Å². The Morgan fingerprint density at radius 2 is 0.915 bits per heavy atom. The number of hydrogen-bond donors (Lipinski definition) is 0. The van der Waals surface area contributed by atoms with Crippen LogP contribution in [0.3, 0.4) is 0 Å². The van der Waals surface area contributed by atoms with Crippen molar-refractivity contribution in [2.24, 2.45) is 0 Å². The summed E-state index contributed by atoms with van der Waals surface area (Å²) >= 11 is 1.84. The van der Waals surface area contributed by atoms with E-state index in [1.807, 2.05) is 11.3 Å². The van der Waals surface area contributed by atoms with Gasteiger partial charge in [0, 0.05) is 64.6 Å². The molecule has 0 atom stereocenters. The minimum absolute atomic E-state index is 0.708. The monoisotopic (exact) mass is 923 g/mol. The lowest BCUT2D eigenvalue weighted by molar-refractivity contribution is 0.438. The maximum absolute atomic E-state index is 7.40. The van der Waals surface area contributed by atoms with Crippen LogP contribution in [0.15, 0.2) is 253 Å². The average Bonchev–Trinajstić information content (AvgIpc) is 4.11. The number of ether oxygens (including phenoxy) is 1. The van der Waals surface area contributed by atoms with Crippen molar-refractivity contribution in [3.63, 3.8) is 0 Å². The summed E-state index contributed by atoms with van der Waals surface area (Å²) < 4.78 is 17.2. The van der Waals surface area contributed by atoms with Crippen molar-refractivity contribution in [1.82, 2.24) is 0 Å². The van der Waals surface area contributed by atoms with Crippen molar-refractivity contribution in [3.05, 3.63) is 271 Å². The maximum atomic E-state index is 7.40.